The first-order chi connectivity index (χ1) is 16.3. The second kappa shape index (κ2) is 9.50. The van der Waals surface area contributed by atoms with E-state index in [4.69, 9.17) is 4.74 Å². The number of hydrogen-bond donors (Lipinski definition) is 2. The lowest BCUT2D eigenvalue weighted by molar-refractivity contribution is -0.119. The summed E-state index contributed by atoms with van der Waals surface area (Å²) in [6.45, 7) is 6.84. The lowest BCUT2D eigenvalue weighted by Crippen LogP contribution is -2.32. The Balaban J connectivity index is 1.59. The van der Waals surface area contributed by atoms with Crippen LogP contribution in [0.2, 0.25) is 0 Å². The molecule has 2 aromatic heterocycles. The van der Waals surface area contributed by atoms with E-state index in [1.165, 1.54) is 14.3 Å². The predicted molar refractivity (Wildman–Crippen MR) is 132 cm³/mol. The zero-order valence-electron chi connectivity index (χ0n) is 19.6. The lowest BCUT2D eigenvalue weighted by atomic mass is 9.86. The van der Waals surface area contributed by atoms with Crippen molar-refractivity contribution in [2.75, 3.05) is 23.8 Å². The minimum atomic E-state index is -0.154. The van der Waals surface area contributed by atoms with Crippen molar-refractivity contribution in [1.82, 2.24) is 20.3 Å². The first-order valence-electron chi connectivity index (χ1n) is 10.9. The summed E-state index contributed by atoms with van der Waals surface area (Å²) >= 11 is 0. The first-order valence-corrected chi connectivity index (χ1v) is 10.9. The van der Waals surface area contributed by atoms with Gasteiger partial charge in [0.15, 0.2) is 0 Å². The normalized spacial score (nSPS) is 13.7. The Morgan fingerprint density at radius 1 is 1.26 bits per heavy atom. The van der Waals surface area contributed by atoms with Crippen molar-refractivity contribution in [3.63, 3.8) is 0 Å². The molecule has 1 aliphatic heterocycles. The van der Waals surface area contributed by atoms with Gasteiger partial charge in [-0.3, -0.25) is 4.79 Å². The van der Waals surface area contributed by atoms with E-state index in [9.17, 15) is 9.59 Å². The molecule has 0 bridgehead atoms. The standard InChI is InChI=1S/C24H26BN6O3/c1-15(33)27-11-16-5-6-20(21(9-16)34-4)30-23-26-8-7-19(29-23)17-10-18-22(28-12-17)31(25-14-32)13-24(18,2)3/h5-10,12,14H,11,13H2,1-4H3,(H,27,33)(H,26,29,30). The van der Waals surface area contributed by atoms with E-state index in [-0.39, 0.29) is 11.3 Å². The summed E-state index contributed by atoms with van der Waals surface area (Å²) in [5, 5.41) is 5.98. The van der Waals surface area contributed by atoms with Gasteiger partial charge < -0.3 is 25.0 Å². The molecule has 34 heavy (non-hydrogen) atoms. The van der Waals surface area contributed by atoms with Gasteiger partial charge in [0.25, 0.3) is 0 Å². The van der Waals surface area contributed by atoms with Crippen LogP contribution >= 0.6 is 0 Å². The molecule has 10 heteroatoms. The van der Waals surface area contributed by atoms with Crippen molar-refractivity contribution in [3.05, 3.63) is 53.9 Å². The number of nitrogens with one attached hydrogen (secondary N) is 2. The molecule has 4 rings (SSSR count). The fourth-order valence-corrected chi connectivity index (χ4v) is 3.98. The molecule has 0 unspecified atom stereocenters. The van der Waals surface area contributed by atoms with Crippen molar-refractivity contribution in [2.24, 2.45) is 0 Å². The largest absolute Gasteiger partial charge is 0.495 e. The summed E-state index contributed by atoms with van der Waals surface area (Å²) in [5.74, 6) is 1.73. The second-order valence-corrected chi connectivity index (χ2v) is 8.73. The third kappa shape index (κ3) is 4.85. The highest BCUT2D eigenvalue weighted by Gasteiger charge is 2.36. The highest BCUT2D eigenvalue weighted by molar-refractivity contribution is 6.70. The Hall–Kier alpha value is -3.95. The summed E-state index contributed by atoms with van der Waals surface area (Å²) < 4.78 is 5.51. The summed E-state index contributed by atoms with van der Waals surface area (Å²) in [6, 6.07) is 9.53. The maximum Gasteiger partial charge on any atom is 0.330 e. The quantitative estimate of drug-likeness (QED) is 0.393. The van der Waals surface area contributed by atoms with Crippen molar-refractivity contribution >= 4 is 37.0 Å². The summed E-state index contributed by atoms with van der Waals surface area (Å²) in [5.41, 5.74) is 4.12. The molecule has 1 amide bonds. The van der Waals surface area contributed by atoms with E-state index in [1.54, 1.807) is 19.5 Å². The van der Waals surface area contributed by atoms with Crippen LogP contribution in [0, 0.1) is 0 Å². The summed E-state index contributed by atoms with van der Waals surface area (Å²) in [4.78, 5) is 37.7. The van der Waals surface area contributed by atoms with E-state index in [0.29, 0.717) is 30.5 Å². The second-order valence-electron chi connectivity index (χ2n) is 8.73. The Morgan fingerprint density at radius 3 is 2.82 bits per heavy atom. The number of hydrogen-bond acceptors (Lipinski definition) is 8. The average molecular weight is 457 g/mol. The number of pyridine rings is 1. The molecule has 2 N–H and O–H groups in total. The van der Waals surface area contributed by atoms with Crippen LogP contribution < -0.4 is 20.2 Å². The minimum absolute atomic E-state index is 0.0922. The zero-order valence-corrected chi connectivity index (χ0v) is 19.6. The van der Waals surface area contributed by atoms with Crippen LogP contribution in [0.5, 0.6) is 5.75 Å². The van der Waals surface area contributed by atoms with Gasteiger partial charge in [0.05, 0.1) is 18.5 Å². The van der Waals surface area contributed by atoms with Gasteiger partial charge in [-0.15, -0.1) is 0 Å². The van der Waals surface area contributed by atoms with E-state index in [2.05, 4.69) is 45.5 Å². The minimum Gasteiger partial charge on any atom is -0.495 e. The number of anilines is 3. The summed E-state index contributed by atoms with van der Waals surface area (Å²) in [6.07, 6.45) is 4.23. The third-order valence-corrected chi connectivity index (χ3v) is 5.68. The van der Waals surface area contributed by atoms with Crippen LogP contribution in [0.4, 0.5) is 17.5 Å². The Labute approximate surface area is 199 Å². The molecular formula is C24H26BN6O3. The molecule has 0 aliphatic carbocycles. The number of nitrogens with zero attached hydrogens (tertiary/aromatic N) is 4. The molecule has 0 atom stereocenters. The van der Waals surface area contributed by atoms with Crippen LogP contribution in [-0.2, 0) is 21.5 Å². The Kier molecular flexibility index (Phi) is 6.49. The molecule has 0 saturated heterocycles. The molecule has 173 valence electrons. The fourth-order valence-electron chi connectivity index (χ4n) is 3.98. The van der Waals surface area contributed by atoms with E-state index in [0.717, 1.165) is 34.4 Å². The van der Waals surface area contributed by atoms with Crippen LogP contribution in [-0.4, -0.2) is 48.1 Å². The number of benzene rings is 1. The fraction of sp³-hybridized carbons (Fsp3) is 0.292. The van der Waals surface area contributed by atoms with E-state index in [1.807, 2.05) is 29.1 Å². The zero-order chi connectivity index (χ0) is 24.3. The van der Waals surface area contributed by atoms with Crippen molar-refractivity contribution in [3.8, 4) is 17.0 Å². The molecule has 0 saturated carbocycles. The molecule has 1 aliphatic rings. The van der Waals surface area contributed by atoms with Crippen LogP contribution in [0.15, 0.2) is 42.7 Å². The highest BCUT2D eigenvalue weighted by Crippen LogP contribution is 2.40. The lowest BCUT2D eigenvalue weighted by Gasteiger charge is -2.19. The van der Waals surface area contributed by atoms with E-state index >= 15 is 0 Å². The monoisotopic (exact) mass is 457 g/mol. The Morgan fingerprint density at radius 2 is 2.09 bits per heavy atom. The topological polar surface area (TPSA) is 109 Å². The van der Waals surface area contributed by atoms with Gasteiger partial charge in [-0.1, -0.05) is 19.9 Å². The van der Waals surface area contributed by atoms with Crippen LogP contribution in [0.3, 0.4) is 0 Å². The smallest absolute Gasteiger partial charge is 0.330 e. The number of amides is 1. The molecule has 3 aromatic rings. The summed E-state index contributed by atoms with van der Waals surface area (Å²) in [7, 11) is 3.10. The average Bonchev–Trinajstić information content (AvgIpc) is 3.08. The van der Waals surface area contributed by atoms with Gasteiger partial charge in [-0.05, 0) is 29.8 Å². The number of carbonyl (C=O) groups is 2. The van der Waals surface area contributed by atoms with Gasteiger partial charge in [0.2, 0.25) is 11.9 Å². The van der Waals surface area contributed by atoms with E-state index < -0.39 is 0 Å². The molecule has 1 radical (unpaired) electrons. The number of carbonyl (C=O) groups excluding carboxylic acids is 2. The van der Waals surface area contributed by atoms with Gasteiger partial charge in [-0.2, -0.15) is 0 Å². The van der Waals surface area contributed by atoms with Crippen molar-refractivity contribution < 1.29 is 14.3 Å². The first kappa shape index (κ1) is 23.2. The molecule has 0 spiro atoms. The maximum absolute atomic E-state index is 11.2. The molecule has 0 fully saturated rings. The molecule has 3 heterocycles. The number of rotatable bonds is 8. The van der Waals surface area contributed by atoms with Gasteiger partial charge >= 0.3 is 7.41 Å². The number of fused-ring (bicyclic) bond motifs is 1. The number of aromatic nitrogens is 3. The highest BCUT2D eigenvalue weighted by atomic mass is 16.5. The van der Waals surface area contributed by atoms with Crippen LogP contribution in [0.25, 0.3) is 11.3 Å². The number of methoxy groups -OCH3 is 1. The van der Waals surface area contributed by atoms with Crippen molar-refractivity contribution in [1.29, 1.82) is 0 Å². The molecular weight excluding hydrogens is 431 g/mol. The maximum atomic E-state index is 11.2. The Bertz CT molecular complexity index is 1230. The SMILES string of the molecule is COc1cc(CNC(C)=O)ccc1Nc1nccc(-c2cnc3c(c2)C(C)(C)CN3[B]C=O)n1. The predicted octanol–water partition coefficient (Wildman–Crippen LogP) is 2.83. The van der Waals surface area contributed by atoms with Crippen LogP contribution in [0.1, 0.15) is 31.9 Å². The molecule has 1 aromatic carbocycles. The van der Waals surface area contributed by atoms with Crippen molar-refractivity contribution in [2.45, 2.75) is 32.7 Å². The van der Waals surface area contributed by atoms with Gasteiger partial charge in [0, 0.05) is 48.9 Å². The third-order valence-electron chi connectivity index (χ3n) is 5.68. The molecule has 9 nitrogen and oxygen atoms in total. The van der Waals surface area contributed by atoms with Gasteiger partial charge in [0.1, 0.15) is 17.8 Å². The number of ether oxygens (including phenoxy) is 1. The van der Waals surface area contributed by atoms with Gasteiger partial charge in [-0.25, -0.2) is 15.0 Å².